The number of hydrogen-bond donors (Lipinski definition) is 1. The summed E-state index contributed by atoms with van der Waals surface area (Å²) in [6, 6.07) is 6.49. The van der Waals surface area contributed by atoms with Crippen molar-refractivity contribution < 1.29 is 8.42 Å². The lowest BCUT2D eigenvalue weighted by Crippen LogP contribution is -2.46. The van der Waals surface area contributed by atoms with Crippen molar-refractivity contribution in [1.29, 1.82) is 5.26 Å². The summed E-state index contributed by atoms with van der Waals surface area (Å²) in [6.45, 7) is 1.58. The number of nitrogens with zero attached hydrogens (tertiary/aromatic N) is 1. The predicted molar refractivity (Wildman–Crippen MR) is 73.5 cm³/mol. The first-order chi connectivity index (χ1) is 8.80. The van der Waals surface area contributed by atoms with Crippen LogP contribution in [0.5, 0.6) is 0 Å². The van der Waals surface area contributed by atoms with Crippen molar-refractivity contribution in [2.45, 2.75) is 30.2 Å². The van der Waals surface area contributed by atoms with Gasteiger partial charge in [0.25, 0.3) is 0 Å². The molecule has 0 aliphatic heterocycles. The molecule has 2 rings (SSSR count). The van der Waals surface area contributed by atoms with Crippen molar-refractivity contribution in [3.63, 3.8) is 0 Å². The van der Waals surface area contributed by atoms with E-state index in [9.17, 15) is 13.7 Å². The molecule has 19 heavy (non-hydrogen) atoms. The summed E-state index contributed by atoms with van der Waals surface area (Å²) in [6.07, 6.45) is 1.67. The second kappa shape index (κ2) is 4.95. The van der Waals surface area contributed by atoms with E-state index in [4.69, 9.17) is 23.2 Å². The highest BCUT2D eigenvalue weighted by Crippen LogP contribution is 2.40. The van der Waals surface area contributed by atoms with E-state index in [-0.39, 0.29) is 20.9 Å². The van der Waals surface area contributed by atoms with Crippen LogP contribution in [0.1, 0.15) is 19.8 Å². The first-order valence-electron chi connectivity index (χ1n) is 5.69. The van der Waals surface area contributed by atoms with Gasteiger partial charge in [0.2, 0.25) is 10.0 Å². The Bertz CT molecular complexity index is 630. The molecule has 1 atom stereocenters. The zero-order valence-electron chi connectivity index (χ0n) is 10.2. The Balaban J connectivity index is 2.41. The highest BCUT2D eigenvalue weighted by atomic mass is 35.5. The Hall–Kier alpha value is -0.800. The predicted octanol–water partition coefficient (Wildman–Crippen LogP) is 2.96. The third kappa shape index (κ3) is 2.87. The average Bonchev–Trinajstić information content (AvgIpc) is 3.11. The Labute approximate surface area is 122 Å². The molecule has 0 heterocycles. The summed E-state index contributed by atoms with van der Waals surface area (Å²) in [4.78, 5) is -0.180. The molecule has 1 saturated carbocycles. The standard InChI is InChI=1S/C12H12Cl2N2O2S/c1-12(7-15,8-5-6-8)16-19(17,18)11-9(13)3-2-4-10(11)14/h2-4,8,16H,5-6H2,1H3/t12-/m0/s1. The molecule has 1 aliphatic carbocycles. The van der Waals surface area contributed by atoms with Gasteiger partial charge in [-0.1, -0.05) is 29.3 Å². The lowest BCUT2D eigenvalue weighted by Gasteiger charge is -2.23. The molecular weight excluding hydrogens is 307 g/mol. The van der Waals surface area contributed by atoms with E-state index in [1.807, 2.05) is 6.07 Å². The van der Waals surface area contributed by atoms with Crippen molar-refractivity contribution in [3.05, 3.63) is 28.2 Å². The Morgan fingerprint density at radius 1 is 1.37 bits per heavy atom. The van der Waals surface area contributed by atoms with Gasteiger partial charge in [-0.15, -0.1) is 0 Å². The number of nitriles is 1. The molecule has 4 nitrogen and oxygen atoms in total. The van der Waals surface area contributed by atoms with Crippen LogP contribution in [0.25, 0.3) is 0 Å². The molecule has 0 unspecified atom stereocenters. The van der Waals surface area contributed by atoms with Gasteiger partial charge in [-0.05, 0) is 37.8 Å². The quantitative estimate of drug-likeness (QED) is 0.927. The minimum atomic E-state index is -3.93. The van der Waals surface area contributed by atoms with E-state index >= 15 is 0 Å². The second-order valence-corrected chi connectivity index (χ2v) is 7.18. The van der Waals surface area contributed by atoms with E-state index in [1.165, 1.54) is 12.1 Å². The summed E-state index contributed by atoms with van der Waals surface area (Å²) in [5, 5.41) is 9.28. The first kappa shape index (κ1) is 14.6. The minimum absolute atomic E-state index is 0.0357. The maximum absolute atomic E-state index is 12.3. The van der Waals surface area contributed by atoms with Crippen molar-refractivity contribution in [2.24, 2.45) is 5.92 Å². The lowest BCUT2D eigenvalue weighted by molar-refractivity contribution is 0.458. The molecule has 0 radical (unpaired) electrons. The molecule has 0 bridgehead atoms. The Kier molecular flexibility index (Phi) is 3.80. The van der Waals surface area contributed by atoms with E-state index in [2.05, 4.69) is 4.72 Å². The molecule has 1 N–H and O–H groups in total. The maximum atomic E-state index is 12.3. The van der Waals surface area contributed by atoms with Gasteiger partial charge in [0.05, 0.1) is 16.1 Å². The molecule has 102 valence electrons. The Morgan fingerprint density at radius 3 is 2.32 bits per heavy atom. The monoisotopic (exact) mass is 318 g/mol. The molecule has 0 amide bonds. The van der Waals surface area contributed by atoms with Crippen LogP contribution in [-0.4, -0.2) is 14.0 Å². The highest BCUT2D eigenvalue weighted by molar-refractivity contribution is 7.89. The molecule has 1 aromatic carbocycles. The molecule has 1 aliphatic rings. The minimum Gasteiger partial charge on any atom is -0.207 e. The maximum Gasteiger partial charge on any atom is 0.244 e. The molecule has 1 fully saturated rings. The van der Waals surface area contributed by atoms with Crippen LogP contribution >= 0.6 is 23.2 Å². The summed E-state index contributed by atoms with van der Waals surface area (Å²) in [5.74, 6) is 0.0357. The smallest absolute Gasteiger partial charge is 0.207 e. The third-order valence-corrected chi connectivity index (χ3v) is 5.68. The fourth-order valence-corrected chi connectivity index (χ4v) is 4.46. The number of halogens is 2. The van der Waals surface area contributed by atoms with Crippen LogP contribution < -0.4 is 4.72 Å². The van der Waals surface area contributed by atoms with Gasteiger partial charge in [-0.3, -0.25) is 0 Å². The van der Waals surface area contributed by atoms with Gasteiger partial charge in [-0.25, -0.2) is 8.42 Å². The molecule has 7 heteroatoms. The van der Waals surface area contributed by atoms with E-state index in [0.29, 0.717) is 0 Å². The van der Waals surface area contributed by atoms with Crippen molar-refractivity contribution in [3.8, 4) is 6.07 Å². The number of nitrogens with one attached hydrogen (secondary N) is 1. The van der Waals surface area contributed by atoms with Crippen LogP contribution in [0.3, 0.4) is 0 Å². The molecule has 0 saturated heterocycles. The number of hydrogen-bond acceptors (Lipinski definition) is 3. The van der Waals surface area contributed by atoms with E-state index in [0.717, 1.165) is 12.8 Å². The largest absolute Gasteiger partial charge is 0.244 e. The molecule has 0 spiro atoms. The lowest BCUT2D eigenvalue weighted by atomic mass is 10.0. The molecular formula is C12H12Cl2N2O2S. The topological polar surface area (TPSA) is 70.0 Å². The summed E-state index contributed by atoms with van der Waals surface area (Å²) in [5.41, 5.74) is -1.12. The fraction of sp³-hybridized carbons (Fsp3) is 0.417. The van der Waals surface area contributed by atoms with Gasteiger partial charge >= 0.3 is 0 Å². The number of sulfonamides is 1. The average molecular weight is 319 g/mol. The normalized spacial score (nSPS) is 18.6. The van der Waals surface area contributed by atoms with Gasteiger partial charge in [0.15, 0.2) is 0 Å². The van der Waals surface area contributed by atoms with Gasteiger partial charge in [0, 0.05) is 0 Å². The summed E-state index contributed by atoms with van der Waals surface area (Å²) < 4.78 is 27.1. The highest BCUT2D eigenvalue weighted by Gasteiger charge is 2.45. The number of rotatable bonds is 4. The Morgan fingerprint density at radius 2 is 1.89 bits per heavy atom. The van der Waals surface area contributed by atoms with E-state index < -0.39 is 15.6 Å². The zero-order chi connectivity index (χ0) is 14.3. The summed E-state index contributed by atoms with van der Waals surface area (Å²) >= 11 is 11.8. The summed E-state index contributed by atoms with van der Waals surface area (Å²) in [7, 11) is -3.93. The van der Waals surface area contributed by atoms with Crippen LogP contribution in [0.15, 0.2) is 23.1 Å². The van der Waals surface area contributed by atoms with Crippen molar-refractivity contribution in [2.75, 3.05) is 0 Å². The van der Waals surface area contributed by atoms with Crippen molar-refractivity contribution in [1.82, 2.24) is 4.72 Å². The SMILES string of the molecule is C[C@@](C#N)(NS(=O)(=O)c1c(Cl)cccc1Cl)C1CC1. The van der Waals surface area contributed by atoms with Crippen LogP contribution in [0.2, 0.25) is 10.0 Å². The van der Waals surface area contributed by atoms with Crippen LogP contribution in [0.4, 0.5) is 0 Å². The van der Waals surface area contributed by atoms with Crippen LogP contribution in [0, 0.1) is 17.2 Å². The molecule has 0 aromatic heterocycles. The zero-order valence-corrected chi connectivity index (χ0v) is 12.5. The fourth-order valence-electron chi connectivity index (χ4n) is 1.93. The van der Waals surface area contributed by atoms with Gasteiger partial charge in [-0.2, -0.15) is 9.98 Å². The van der Waals surface area contributed by atoms with Crippen molar-refractivity contribution >= 4 is 33.2 Å². The van der Waals surface area contributed by atoms with Gasteiger partial charge < -0.3 is 0 Å². The van der Waals surface area contributed by atoms with Crippen LogP contribution in [-0.2, 0) is 10.0 Å². The third-order valence-electron chi connectivity index (χ3n) is 3.16. The van der Waals surface area contributed by atoms with Gasteiger partial charge in [0.1, 0.15) is 10.4 Å². The second-order valence-electron chi connectivity index (χ2n) is 4.74. The molecule has 1 aromatic rings. The number of benzene rings is 1. The van der Waals surface area contributed by atoms with E-state index in [1.54, 1.807) is 13.0 Å². The first-order valence-corrected chi connectivity index (χ1v) is 7.93.